The summed E-state index contributed by atoms with van der Waals surface area (Å²) in [6.07, 6.45) is 0. The molecule has 2 aromatic rings. The van der Waals surface area contributed by atoms with Crippen LogP contribution in [0.25, 0.3) is 0 Å². The summed E-state index contributed by atoms with van der Waals surface area (Å²) in [5.41, 5.74) is 6.36. The Morgan fingerprint density at radius 3 is 2.40 bits per heavy atom. The fourth-order valence-electron chi connectivity index (χ4n) is 1.63. The third-order valence-electron chi connectivity index (χ3n) is 2.54. The smallest absolute Gasteiger partial charge is 0.269 e. The fourth-order valence-corrected chi connectivity index (χ4v) is 2.16. The summed E-state index contributed by atoms with van der Waals surface area (Å²) in [5, 5.41) is 0.805. The van der Waals surface area contributed by atoms with Crippen LogP contribution in [0.3, 0.4) is 0 Å². The van der Waals surface area contributed by atoms with Crippen molar-refractivity contribution >= 4 is 34.8 Å². The Morgan fingerprint density at radius 1 is 1.10 bits per heavy atom. The van der Waals surface area contributed by atoms with Gasteiger partial charge in [-0.25, -0.2) is 0 Å². The van der Waals surface area contributed by atoms with Gasteiger partial charge in [-0.3, -0.25) is 15.6 Å². The van der Waals surface area contributed by atoms with Crippen LogP contribution in [-0.2, 0) is 0 Å². The molecule has 2 rings (SSSR count). The summed E-state index contributed by atoms with van der Waals surface area (Å²) >= 11 is 11.7. The zero-order valence-corrected chi connectivity index (χ0v) is 12.1. The monoisotopic (exact) mass is 310 g/mol. The molecule has 0 aromatic heterocycles. The predicted molar refractivity (Wildman–Crippen MR) is 80.5 cm³/mol. The van der Waals surface area contributed by atoms with Crippen LogP contribution in [0.2, 0.25) is 10.0 Å². The Morgan fingerprint density at radius 2 is 1.75 bits per heavy atom. The van der Waals surface area contributed by atoms with Crippen molar-refractivity contribution in [1.29, 1.82) is 0 Å². The molecule has 0 bridgehead atoms. The molecular formula is C14H12Cl2N2O2. The zero-order chi connectivity index (χ0) is 14.5. The highest BCUT2D eigenvalue weighted by molar-refractivity contribution is 6.35. The van der Waals surface area contributed by atoms with E-state index in [9.17, 15) is 4.79 Å². The highest BCUT2D eigenvalue weighted by atomic mass is 35.5. The minimum atomic E-state index is -0.347. The first-order chi connectivity index (χ1) is 9.60. The van der Waals surface area contributed by atoms with E-state index in [1.807, 2.05) is 12.1 Å². The summed E-state index contributed by atoms with van der Waals surface area (Å²) in [6.45, 7) is 0. The third kappa shape index (κ3) is 3.56. The van der Waals surface area contributed by atoms with E-state index >= 15 is 0 Å². The van der Waals surface area contributed by atoms with E-state index in [2.05, 4.69) is 10.9 Å². The highest BCUT2D eigenvalue weighted by Crippen LogP contribution is 2.22. The van der Waals surface area contributed by atoms with E-state index in [4.69, 9.17) is 27.9 Å². The van der Waals surface area contributed by atoms with E-state index in [1.165, 1.54) is 12.1 Å². The summed E-state index contributed by atoms with van der Waals surface area (Å²) in [5.74, 6) is 0.275. The molecule has 4 nitrogen and oxygen atoms in total. The number of benzene rings is 2. The molecule has 6 heteroatoms. The highest BCUT2D eigenvalue weighted by Gasteiger charge is 2.08. The van der Waals surface area contributed by atoms with Gasteiger partial charge in [0.1, 0.15) is 5.75 Å². The molecule has 104 valence electrons. The molecule has 2 N–H and O–H groups in total. The number of carbonyl (C=O) groups is 1. The number of nitrogens with one attached hydrogen (secondary N) is 2. The maximum absolute atomic E-state index is 12.0. The Bertz CT molecular complexity index is 612. The van der Waals surface area contributed by atoms with E-state index in [0.717, 1.165) is 0 Å². The van der Waals surface area contributed by atoms with Crippen molar-refractivity contribution in [3.05, 3.63) is 58.1 Å². The van der Waals surface area contributed by atoms with Gasteiger partial charge < -0.3 is 4.74 Å². The van der Waals surface area contributed by atoms with Gasteiger partial charge >= 0.3 is 0 Å². The van der Waals surface area contributed by atoms with Gasteiger partial charge in [-0.2, -0.15) is 0 Å². The molecule has 0 heterocycles. The molecule has 1 amide bonds. The van der Waals surface area contributed by atoms with Gasteiger partial charge in [0.2, 0.25) is 0 Å². The number of methoxy groups -OCH3 is 1. The van der Waals surface area contributed by atoms with Gasteiger partial charge in [0.15, 0.2) is 0 Å². The second-order valence-corrected chi connectivity index (χ2v) is 4.81. The van der Waals surface area contributed by atoms with E-state index in [-0.39, 0.29) is 5.91 Å². The van der Waals surface area contributed by atoms with Crippen LogP contribution in [-0.4, -0.2) is 13.0 Å². The van der Waals surface area contributed by atoms with Crippen molar-refractivity contribution in [2.45, 2.75) is 0 Å². The van der Waals surface area contributed by atoms with Crippen LogP contribution in [0, 0.1) is 0 Å². The van der Waals surface area contributed by atoms with E-state index in [0.29, 0.717) is 27.0 Å². The number of ether oxygens (including phenoxy) is 1. The molecule has 0 aliphatic heterocycles. The van der Waals surface area contributed by atoms with Crippen molar-refractivity contribution < 1.29 is 9.53 Å². The Labute approximate surface area is 126 Å². The van der Waals surface area contributed by atoms with Crippen molar-refractivity contribution in [2.24, 2.45) is 0 Å². The molecule has 0 aliphatic carbocycles. The molecule has 0 unspecified atom stereocenters. The SMILES string of the molecule is COc1ccccc1NNC(=O)c1cc(Cl)cc(Cl)c1. The lowest BCUT2D eigenvalue weighted by atomic mass is 10.2. The number of amides is 1. The first kappa shape index (κ1) is 14.5. The number of hydrazine groups is 1. The number of rotatable bonds is 4. The van der Waals surface area contributed by atoms with Crippen LogP contribution in [0.5, 0.6) is 5.75 Å². The maximum Gasteiger partial charge on any atom is 0.269 e. The molecule has 0 saturated heterocycles. The van der Waals surface area contributed by atoms with Crippen LogP contribution in [0.1, 0.15) is 10.4 Å². The third-order valence-corrected chi connectivity index (χ3v) is 2.98. The normalized spacial score (nSPS) is 9.95. The second-order valence-electron chi connectivity index (χ2n) is 3.94. The van der Waals surface area contributed by atoms with Crippen LogP contribution < -0.4 is 15.6 Å². The van der Waals surface area contributed by atoms with Gasteiger partial charge in [0.05, 0.1) is 12.8 Å². The van der Waals surface area contributed by atoms with Crippen molar-refractivity contribution in [1.82, 2.24) is 5.43 Å². The molecule has 0 atom stereocenters. The van der Waals surface area contributed by atoms with Crippen molar-refractivity contribution in [3.8, 4) is 5.75 Å². The summed E-state index contributed by atoms with van der Waals surface area (Å²) in [6, 6.07) is 11.9. The number of hydrogen-bond donors (Lipinski definition) is 2. The molecule has 0 spiro atoms. The molecule has 0 saturated carbocycles. The van der Waals surface area contributed by atoms with Crippen LogP contribution >= 0.6 is 23.2 Å². The zero-order valence-electron chi connectivity index (χ0n) is 10.6. The quantitative estimate of drug-likeness (QED) is 0.845. The molecule has 0 radical (unpaired) electrons. The van der Waals surface area contributed by atoms with Gasteiger partial charge in [0, 0.05) is 15.6 Å². The number of carbonyl (C=O) groups excluding carboxylic acids is 1. The van der Waals surface area contributed by atoms with Crippen LogP contribution in [0.4, 0.5) is 5.69 Å². The standard InChI is InChI=1S/C14H12Cl2N2O2/c1-20-13-5-3-2-4-12(13)17-18-14(19)9-6-10(15)8-11(16)7-9/h2-8,17H,1H3,(H,18,19). The van der Waals surface area contributed by atoms with Crippen molar-refractivity contribution in [3.63, 3.8) is 0 Å². The lowest BCUT2D eigenvalue weighted by Gasteiger charge is -2.12. The minimum Gasteiger partial charge on any atom is -0.495 e. The fraction of sp³-hybridized carbons (Fsp3) is 0.0714. The van der Waals surface area contributed by atoms with E-state index in [1.54, 1.807) is 25.3 Å². The molecular weight excluding hydrogens is 299 g/mol. The predicted octanol–water partition coefficient (Wildman–Crippen LogP) is 3.76. The molecule has 0 fully saturated rings. The molecule has 0 aliphatic rings. The van der Waals surface area contributed by atoms with Gasteiger partial charge in [-0.1, -0.05) is 35.3 Å². The topological polar surface area (TPSA) is 50.4 Å². The average Bonchev–Trinajstić information content (AvgIpc) is 2.44. The lowest BCUT2D eigenvalue weighted by molar-refractivity contribution is 0.0962. The lowest BCUT2D eigenvalue weighted by Crippen LogP contribution is -2.29. The van der Waals surface area contributed by atoms with E-state index < -0.39 is 0 Å². The molecule has 2 aromatic carbocycles. The Hall–Kier alpha value is -1.91. The van der Waals surface area contributed by atoms with Crippen LogP contribution in [0.15, 0.2) is 42.5 Å². The number of halogens is 2. The summed E-state index contributed by atoms with van der Waals surface area (Å²) in [4.78, 5) is 12.0. The maximum atomic E-state index is 12.0. The Kier molecular flexibility index (Phi) is 4.71. The minimum absolute atomic E-state index is 0.347. The number of para-hydroxylation sites is 2. The molecule has 20 heavy (non-hydrogen) atoms. The van der Waals surface area contributed by atoms with Crippen molar-refractivity contribution in [2.75, 3.05) is 12.5 Å². The number of anilines is 1. The van der Waals surface area contributed by atoms with Gasteiger partial charge in [-0.05, 0) is 30.3 Å². The summed E-state index contributed by atoms with van der Waals surface area (Å²) in [7, 11) is 1.55. The number of hydrogen-bond acceptors (Lipinski definition) is 3. The summed E-state index contributed by atoms with van der Waals surface area (Å²) < 4.78 is 5.17. The Balaban J connectivity index is 2.08. The average molecular weight is 311 g/mol. The van der Waals surface area contributed by atoms with Gasteiger partial charge in [0.25, 0.3) is 5.91 Å². The first-order valence-electron chi connectivity index (χ1n) is 5.75. The second kappa shape index (κ2) is 6.50. The van der Waals surface area contributed by atoms with Gasteiger partial charge in [-0.15, -0.1) is 0 Å². The largest absolute Gasteiger partial charge is 0.495 e. The first-order valence-corrected chi connectivity index (χ1v) is 6.51.